The van der Waals surface area contributed by atoms with Gasteiger partial charge in [0.05, 0.1) is 12.5 Å². The SMILES string of the molecule is CN[C@@H](CC(=O)OCc1ccccc1)C(=O)N(C)CCN(C)C. The molecule has 1 rings (SSSR count). The lowest BCUT2D eigenvalue weighted by molar-refractivity contribution is -0.148. The summed E-state index contributed by atoms with van der Waals surface area (Å²) >= 11 is 0. The summed E-state index contributed by atoms with van der Waals surface area (Å²) in [5.41, 5.74) is 0.927. The van der Waals surface area contributed by atoms with E-state index in [1.165, 1.54) is 0 Å². The minimum atomic E-state index is -0.564. The average Bonchev–Trinajstić information content (AvgIpc) is 2.55. The van der Waals surface area contributed by atoms with Gasteiger partial charge in [0.25, 0.3) is 0 Å². The van der Waals surface area contributed by atoms with Gasteiger partial charge in [0.2, 0.25) is 5.91 Å². The summed E-state index contributed by atoms with van der Waals surface area (Å²) in [7, 11) is 7.32. The zero-order valence-electron chi connectivity index (χ0n) is 14.4. The first kappa shape index (κ1) is 19.1. The number of hydrogen-bond acceptors (Lipinski definition) is 5. The normalized spacial score (nSPS) is 12.0. The molecule has 1 aromatic rings. The highest BCUT2D eigenvalue weighted by molar-refractivity contribution is 5.86. The van der Waals surface area contributed by atoms with Crippen molar-refractivity contribution in [1.82, 2.24) is 15.1 Å². The molecule has 0 unspecified atom stereocenters. The van der Waals surface area contributed by atoms with Crippen molar-refractivity contribution in [2.24, 2.45) is 0 Å². The maximum Gasteiger partial charge on any atom is 0.308 e. The van der Waals surface area contributed by atoms with Crippen LogP contribution >= 0.6 is 0 Å². The predicted octanol–water partition coefficient (Wildman–Crippen LogP) is 0.728. The molecule has 0 fully saturated rings. The monoisotopic (exact) mass is 321 g/mol. The molecule has 1 amide bonds. The number of hydrogen-bond donors (Lipinski definition) is 1. The van der Waals surface area contributed by atoms with E-state index in [1.54, 1.807) is 19.0 Å². The van der Waals surface area contributed by atoms with Gasteiger partial charge in [0.15, 0.2) is 0 Å². The lowest BCUT2D eigenvalue weighted by Gasteiger charge is -2.24. The summed E-state index contributed by atoms with van der Waals surface area (Å²) in [6.45, 7) is 1.61. The molecule has 0 aliphatic carbocycles. The predicted molar refractivity (Wildman–Crippen MR) is 89.9 cm³/mol. The topological polar surface area (TPSA) is 61.9 Å². The van der Waals surface area contributed by atoms with Crippen LogP contribution < -0.4 is 5.32 Å². The van der Waals surface area contributed by atoms with Crippen molar-refractivity contribution in [1.29, 1.82) is 0 Å². The number of carbonyl (C=O) groups excluding carboxylic acids is 2. The van der Waals surface area contributed by atoms with E-state index in [2.05, 4.69) is 5.32 Å². The van der Waals surface area contributed by atoms with Gasteiger partial charge in [0.1, 0.15) is 6.61 Å². The molecule has 23 heavy (non-hydrogen) atoms. The van der Waals surface area contributed by atoms with E-state index in [-0.39, 0.29) is 24.9 Å². The quantitative estimate of drug-likeness (QED) is 0.679. The van der Waals surface area contributed by atoms with Gasteiger partial charge in [-0.15, -0.1) is 0 Å². The van der Waals surface area contributed by atoms with Crippen LogP contribution in [-0.4, -0.2) is 69.0 Å². The number of nitrogens with one attached hydrogen (secondary N) is 1. The summed E-state index contributed by atoms with van der Waals surface area (Å²) in [6, 6.07) is 8.91. The Hall–Kier alpha value is -1.92. The third-order valence-corrected chi connectivity index (χ3v) is 3.52. The molecule has 1 atom stereocenters. The van der Waals surface area contributed by atoms with E-state index in [0.29, 0.717) is 6.54 Å². The Kier molecular flexibility index (Phi) is 8.29. The van der Waals surface area contributed by atoms with E-state index >= 15 is 0 Å². The van der Waals surface area contributed by atoms with Gasteiger partial charge >= 0.3 is 5.97 Å². The molecule has 1 N–H and O–H groups in total. The molecule has 0 heterocycles. The summed E-state index contributed by atoms with van der Waals surface area (Å²) in [6.07, 6.45) is 0.0223. The molecule has 0 saturated carbocycles. The molecule has 0 aliphatic rings. The Morgan fingerprint density at radius 3 is 2.35 bits per heavy atom. The number of amides is 1. The largest absolute Gasteiger partial charge is 0.461 e. The molecular weight excluding hydrogens is 294 g/mol. The minimum Gasteiger partial charge on any atom is -0.461 e. The van der Waals surface area contributed by atoms with Gasteiger partial charge < -0.3 is 19.9 Å². The van der Waals surface area contributed by atoms with Crippen LogP contribution in [0, 0.1) is 0 Å². The first-order valence-corrected chi connectivity index (χ1v) is 7.70. The highest BCUT2D eigenvalue weighted by atomic mass is 16.5. The molecule has 0 aliphatic heterocycles. The Morgan fingerprint density at radius 2 is 1.78 bits per heavy atom. The number of rotatable bonds is 9. The van der Waals surface area contributed by atoms with Crippen molar-refractivity contribution < 1.29 is 14.3 Å². The molecule has 6 nitrogen and oxygen atoms in total. The van der Waals surface area contributed by atoms with Crippen molar-refractivity contribution in [2.75, 3.05) is 41.3 Å². The minimum absolute atomic E-state index is 0.0223. The Morgan fingerprint density at radius 1 is 1.13 bits per heavy atom. The highest BCUT2D eigenvalue weighted by Crippen LogP contribution is 2.04. The first-order valence-electron chi connectivity index (χ1n) is 7.70. The van der Waals surface area contributed by atoms with Gasteiger partial charge in [-0.3, -0.25) is 9.59 Å². The maximum atomic E-state index is 12.3. The van der Waals surface area contributed by atoms with E-state index in [1.807, 2.05) is 49.3 Å². The molecule has 0 aromatic heterocycles. The Bertz CT molecular complexity index is 491. The van der Waals surface area contributed by atoms with Crippen LogP contribution in [0.5, 0.6) is 0 Å². The number of ether oxygens (including phenoxy) is 1. The van der Waals surface area contributed by atoms with Gasteiger partial charge in [-0.1, -0.05) is 30.3 Å². The fourth-order valence-corrected chi connectivity index (χ4v) is 2.00. The standard InChI is InChI=1S/C17H27N3O3/c1-18-15(17(22)20(4)11-10-19(2)3)12-16(21)23-13-14-8-6-5-7-9-14/h5-9,15,18H,10-13H2,1-4H3/t15-/m0/s1. The number of carbonyl (C=O) groups is 2. The van der Waals surface area contributed by atoms with Gasteiger partial charge in [-0.25, -0.2) is 0 Å². The third-order valence-electron chi connectivity index (χ3n) is 3.52. The van der Waals surface area contributed by atoms with Gasteiger partial charge in [-0.05, 0) is 26.7 Å². The fourth-order valence-electron chi connectivity index (χ4n) is 2.00. The number of esters is 1. The average molecular weight is 321 g/mol. The van der Waals surface area contributed by atoms with Gasteiger partial charge in [-0.2, -0.15) is 0 Å². The molecule has 6 heteroatoms. The zero-order chi connectivity index (χ0) is 17.2. The second-order valence-electron chi connectivity index (χ2n) is 5.75. The molecule has 0 radical (unpaired) electrons. The summed E-state index contributed by atoms with van der Waals surface area (Å²) in [5.74, 6) is -0.492. The van der Waals surface area contributed by atoms with Crippen LogP contribution in [0.25, 0.3) is 0 Å². The smallest absolute Gasteiger partial charge is 0.308 e. The summed E-state index contributed by atoms with van der Waals surface area (Å²) in [5, 5.41) is 2.89. The molecule has 0 bridgehead atoms. The number of benzene rings is 1. The second kappa shape index (κ2) is 9.97. The second-order valence-corrected chi connectivity index (χ2v) is 5.75. The number of likely N-dealkylation sites (N-methyl/N-ethyl adjacent to an activating group) is 3. The van der Waals surface area contributed by atoms with Crippen LogP contribution in [0.2, 0.25) is 0 Å². The van der Waals surface area contributed by atoms with Crippen LogP contribution in [0.15, 0.2) is 30.3 Å². The molecule has 0 saturated heterocycles. The van der Waals surface area contributed by atoms with Crippen molar-refractivity contribution in [3.05, 3.63) is 35.9 Å². The van der Waals surface area contributed by atoms with E-state index in [0.717, 1.165) is 12.1 Å². The lowest BCUT2D eigenvalue weighted by Crippen LogP contribution is -2.46. The molecule has 128 valence electrons. The Labute approximate surface area is 138 Å². The lowest BCUT2D eigenvalue weighted by atomic mass is 10.2. The molecular formula is C17H27N3O3. The summed E-state index contributed by atoms with van der Waals surface area (Å²) < 4.78 is 5.23. The van der Waals surface area contributed by atoms with E-state index in [4.69, 9.17) is 4.74 Å². The van der Waals surface area contributed by atoms with E-state index in [9.17, 15) is 9.59 Å². The van der Waals surface area contributed by atoms with E-state index < -0.39 is 6.04 Å². The zero-order valence-corrected chi connectivity index (χ0v) is 14.4. The van der Waals surface area contributed by atoms with Crippen LogP contribution in [0.3, 0.4) is 0 Å². The third kappa shape index (κ3) is 7.25. The maximum absolute atomic E-state index is 12.3. The molecule has 1 aromatic carbocycles. The molecule has 0 spiro atoms. The van der Waals surface area contributed by atoms with Crippen LogP contribution in [-0.2, 0) is 20.9 Å². The summed E-state index contributed by atoms with van der Waals surface area (Å²) in [4.78, 5) is 27.9. The number of nitrogens with zero attached hydrogens (tertiary/aromatic N) is 2. The van der Waals surface area contributed by atoms with Crippen molar-refractivity contribution in [3.8, 4) is 0 Å². The highest BCUT2D eigenvalue weighted by Gasteiger charge is 2.24. The van der Waals surface area contributed by atoms with Crippen LogP contribution in [0.4, 0.5) is 0 Å². The fraction of sp³-hybridized carbons (Fsp3) is 0.529. The van der Waals surface area contributed by atoms with Crippen molar-refractivity contribution in [3.63, 3.8) is 0 Å². The van der Waals surface area contributed by atoms with Crippen molar-refractivity contribution >= 4 is 11.9 Å². The van der Waals surface area contributed by atoms with Crippen LogP contribution in [0.1, 0.15) is 12.0 Å². The van der Waals surface area contributed by atoms with Gasteiger partial charge in [0, 0.05) is 20.1 Å². The first-order chi connectivity index (χ1) is 10.9. The Balaban J connectivity index is 2.44. The van der Waals surface area contributed by atoms with Crippen molar-refractivity contribution in [2.45, 2.75) is 19.1 Å².